The van der Waals surface area contributed by atoms with Crippen LogP contribution in [0.4, 0.5) is 24.8 Å². The van der Waals surface area contributed by atoms with Crippen LogP contribution in [0, 0.1) is 6.92 Å². The number of anilines is 2. The van der Waals surface area contributed by atoms with Crippen LogP contribution in [0.3, 0.4) is 0 Å². The van der Waals surface area contributed by atoms with E-state index in [2.05, 4.69) is 20.4 Å². The summed E-state index contributed by atoms with van der Waals surface area (Å²) in [4.78, 5) is 33.3. The maximum atomic E-state index is 13.6. The first-order valence-electron chi connectivity index (χ1n) is 12.3. The monoisotopic (exact) mass is 622 g/mol. The average Bonchev–Trinajstić information content (AvgIpc) is 3.33. The molecule has 228 valence electrons. The number of aryl methyl sites for hydroxylation is 2. The molecule has 0 aliphatic rings. The van der Waals surface area contributed by atoms with Gasteiger partial charge in [-0.25, -0.2) is 22.9 Å². The van der Waals surface area contributed by atoms with Gasteiger partial charge in [-0.1, -0.05) is 0 Å². The number of benzene rings is 1. The number of hydrogen-bond donors (Lipinski definition) is 2. The van der Waals surface area contributed by atoms with Crippen molar-refractivity contribution in [3.63, 3.8) is 0 Å². The van der Waals surface area contributed by atoms with Gasteiger partial charge in [0.25, 0.3) is 5.56 Å². The minimum Gasteiger partial charge on any atom is -0.497 e. The summed E-state index contributed by atoms with van der Waals surface area (Å²) < 4.78 is 76.4. The van der Waals surface area contributed by atoms with E-state index in [0.29, 0.717) is 17.2 Å². The highest BCUT2D eigenvalue weighted by molar-refractivity contribution is 7.90. The zero-order chi connectivity index (χ0) is 31.7. The number of rotatable bonds is 10. The molecular weight excluding hydrogens is 597 g/mol. The van der Waals surface area contributed by atoms with E-state index in [1.165, 1.54) is 33.5 Å². The molecule has 0 unspecified atom stereocenters. The van der Waals surface area contributed by atoms with E-state index >= 15 is 0 Å². The molecule has 0 atom stereocenters. The molecule has 0 aliphatic carbocycles. The van der Waals surface area contributed by atoms with Gasteiger partial charge in [-0.3, -0.25) is 4.79 Å². The van der Waals surface area contributed by atoms with Crippen LogP contribution in [0.1, 0.15) is 21.7 Å². The Labute approximate surface area is 242 Å². The maximum Gasteiger partial charge on any atom is 0.435 e. The van der Waals surface area contributed by atoms with Gasteiger partial charge in [0.1, 0.15) is 26.9 Å². The highest BCUT2D eigenvalue weighted by atomic mass is 32.2. The molecule has 1 aromatic carbocycles. The lowest BCUT2D eigenvalue weighted by Crippen LogP contribution is -2.28. The second kappa shape index (κ2) is 11.7. The lowest BCUT2D eigenvalue weighted by Gasteiger charge is -2.15. The number of sulfone groups is 1. The summed E-state index contributed by atoms with van der Waals surface area (Å²) in [6.07, 6.45) is -1.43. The Bertz CT molecular complexity index is 1850. The SMILES string of the molecule is COc1cc(Nc2ncc(-c3cc(C(=O)O)c(=O)n(CCS(C)(=O)=O)c3)c(-n3nc(C(F)(F)F)cc3C)n2)cc(OC)c1. The molecule has 0 amide bonds. The molecule has 2 N–H and O–H groups in total. The van der Waals surface area contributed by atoms with Crippen molar-refractivity contribution in [1.82, 2.24) is 24.3 Å². The van der Waals surface area contributed by atoms with Gasteiger partial charge >= 0.3 is 12.1 Å². The van der Waals surface area contributed by atoms with E-state index in [1.807, 2.05) is 0 Å². The molecule has 0 radical (unpaired) electrons. The molecule has 4 rings (SSSR count). The summed E-state index contributed by atoms with van der Waals surface area (Å²) >= 11 is 0. The third-order valence-corrected chi connectivity index (χ3v) is 7.01. The number of carbonyl (C=O) groups is 1. The van der Waals surface area contributed by atoms with Crippen LogP contribution < -0.4 is 20.3 Å². The Morgan fingerprint density at radius 3 is 2.28 bits per heavy atom. The second-order valence-electron chi connectivity index (χ2n) is 9.31. The van der Waals surface area contributed by atoms with E-state index in [0.717, 1.165) is 27.6 Å². The van der Waals surface area contributed by atoms with Crippen LogP contribution >= 0.6 is 0 Å². The minimum absolute atomic E-state index is 0.00398. The molecule has 0 spiro atoms. The van der Waals surface area contributed by atoms with Gasteiger partial charge in [-0.15, -0.1) is 0 Å². The van der Waals surface area contributed by atoms with Gasteiger partial charge in [0.15, 0.2) is 11.5 Å². The standard InChI is InChI=1S/C26H25F3N6O7S/c1-14-7-21(26(27,28)29)33-35(14)22-20(12-30-25(32-22)31-16-9-17(41-2)11-18(10-16)42-3)15-8-19(24(37)38)23(36)34(13-15)5-6-43(4,39)40/h7-13H,5-6H2,1-4H3,(H,37,38)(H,30,31,32). The van der Waals surface area contributed by atoms with Gasteiger partial charge in [-0.05, 0) is 19.1 Å². The summed E-state index contributed by atoms with van der Waals surface area (Å²) in [5, 5.41) is 16.3. The Kier molecular flexibility index (Phi) is 8.47. The van der Waals surface area contributed by atoms with Crippen LogP contribution in [0.15, 0.2) is 47.5 Å². The van der Waals surface area contributed by atoms with Gasteiger partial charge in [-0.2, -0.15) is 23.3 Å². The van der Waals surface area contributed by atoms with E-state index < -0.39 is 44.6 Å². The normalized spacial score (nSPS) is 11.8. The lowest BCUT2D eigenvalue weighted by atomic mass is 10.1. The molecule has 43 heavy (non-hydrogen) atoms. The molecular formula is C26H25F3N6O7S. The van der Waals surface area contributed by atoms with Gasteiger partial charge in [0, 0.05) is 65.9 Å². The fourth-order valence-electron chi connectivity index (χ4n) is 4.00. The van der Waals surface area contributed by atoms with Crippen molar-refractivity contribution in [2.24, 2.45) is 0 Å². The summed E-state index contributed by atoms with van der Waals surface area (Å²) in [5.41, 5.74) is -2.41. The zero-order valence-electron chi connectivity index (χ0n) is 23.1. The topological polar surface area (TPSA) is 168 Å². The number of nitrogens with zero attached hydrogens (tertiary/aromatic N) is 5. The number of pyridine rings is 1. The number of carboxylic acids is 1. The van der Waals surface area contributed by atoms with Crippen molar-refractivity contribution in [3.8, 4) is 28.4 Å². The molecule has 0 bridgehead atoms. The number of aromatic carboxylic acids is 1. The zero-order valence-corrected chi connectivity index (χ0v) is 23.9. The van der Waals surface area contributed by atoms with E-state index in [4.69, 9.17) is 9.47 Å². The Hall–Kier alpha value is -4.93. The lowest BCUT2D eigenvalue weighted by molar-refractivity contribution is -0.141. The number of ether oxygens (including phenoxy) is 2. The molecule has 0 saturated heterocycles. The van der Waals surface area contributed by atoms with Crippen LogP contribution in [-0.4, -0.2) is 70.0 Å². The third kappa shape index (κ3) is 7.11. The number of halogens is 3. The second-order valence-corrected chi connectivity index (χ2v) is 11.6. The summed E-state index contributed by atoms with van der Waals surface area (Å²) in [5.74, 6) is -1.49. The van der Waals surface area contributed by atoms with E-state index in [-0.39, 0.29) is 35.1 Å². The number of methoxy groups -OCH3 is 2. The molecule has 3 heterocycles. The summed E-state index contributed by atoms with van der Waals surface area (Å²) in [6, 6.07) is 6.62. The number of alkyl halides is 3. The first-order valence-corrected chi connectivity index (χ1v) is 14.3. The molecule has 3 aromatic heterocycles. The molecule has 4 aromatic rings. The van der Waals surface area contributed by atoms with E-state index in [1.54, 1.807) is 18.2 Å². The van der Waals surface area contributed by atoms with Crippen molar-refractivity contribution in [1.29, 1.82) is 0 Å². The fraction of sp³-hybridized carbons (Fsp3) is 0.269. The quantitative estimate of drug-likeness (QED) is 0.266. The van der Waals surface area contributed by atoms with Crippen molar-refractivity contribution in [3.05, 3.63) is 70.0 Å². The van der Waals surface area contributed by atoms with Crippen molar-refractivity contribution >= 4 is 27.4 Å². The van der Waals surface area contributed by atoms with Crippen LogP contribution in [0.2, 0.25) is 0 Å². The van der Waals surface area contributed by atoms with Crippen molar-refractivity contribution in [2.45, 2.75) is 19.6 Å². The third-order valence-electron chi connectivity index (χ3n) is 6.09. The maximum absolute atomic E-state index is 13.6. The van der Waals surface area contributed by atoms with E-state index in [9.17, 15) is 36.3 Å². The molecule has 0 saturated carbocycles. The highest BCUT2D eigenvalue weighted by Crippen LogP contribution is 2.33. The van der Waals surface area contributed by atoms with Gasteiger partial charge in [0.05, 0.1) is 20.0 Å². The number of hydrogen-bond acceptors (Lipinski definition) is 10. The van der Waals surface area contributed by atoms with Crippen molar-refractivity contribution in [2.75, 3.05) is 31.5 Å². The smallest absolute Gasteiger partial charge is 0.435 e. The number of nitrogens with one attached hydrogen (secondary N) is 1. The Balaban J connectivity index is 1.94. The number of aromatic nitrogens is 5. The molecule has 13 nitrogen and oxygen atoms in total. The minimum atomic E-state index is -4.78. The van der Waals surface area contributed by atoms with Gasteiger partial charge < -0.3 is 24.5 Å². The largest absolute Gasteiger partial charge is 0.497 e. The fourth-order valence-corrected chi connectivity index (χ4v) is 4.53. The van der Waals surface area contributed by atoms with Crippen LogP contribution in [-0.2, 0) is 22.6 Å². The van der Waals surface area contributed by atoms with Crippen LogP contribution in [0.25, 0.3) is 16.9 Å². The summed E-state index contributed by atoms with van der Waals surface area (Å²) in [7, 11) is -0.650. The average molecular weight is 623 g/mol. The molecule has 0 fully saturated rings. The predicted octanol–water partition coefficient (Wildman–Crippen LogP) is 3.32. The molecule has 0 aliphatic heterocycles. The Morgan fingerprint density at radius 2 is 1.74 bits per heavy atom. The summed E-state index contributed by atoms with van der Waals surface area (Å²) in [6.45, 7) is 0.988. The van der Waals surface area contributed by atoms with Gasteiger partial charge in [0.2, 0.25) is 5.95 Å². The predicted molar refractivity (Wildman–Crippen MR) is 148 cm³/mol. The highest BCUT2D eigenvalue weighted by Gasteiger charge is 2.35. The van der Waals surface area contributed by atoms with Crippen molar-refractivity contribution < 1.29 is 41.0 Å². The molecule has 17 heteroatoms. The Morgan fingerprint density at radius 1 is 1.09 bits per heavy atom. The number of carboxylic acid groups (broad SMARTS) is 1. The first kappa shape index (κ1) is 31.0. The first-order chi connectivity index (χ1) is 20.1. The van der Waals surface area contributed by atoms with Crippen LogP contribution in [0.5, 0.6) is 11.5 Å².